The van der Waals surface area contributed by atoms with Gasteiger partial charge in [-0.1, -0.05) is 17.4 Å². The van der Waals surface area contributed by atoms with Crippen LogP contribution in [0.15, 0.2) is 23.2 Å². The normalized spacial score (nSPS) is 22.2. The summed E-state index contributed by atoms with van der Waals surface area (Å²) < 4.78 is 32.1. The van der Waals surface area contributed by atoms with E-state index in [4.69, 9.17) is 4.98 Å². The van der Waals surface area contributed by atoms with Crippen LogP contribution in [0.25, 0.3) is 21.9 Å². The standard InChI is InChI=1S/C23H26F2N6S2/c1-12-9-14(5-8-26-12)16-10-15(33-30-23(2)6-7-23)11-31-18(16)17(13-3-4-13)27-20(31)22-29-28-21(32-22)19(24)25/h5,10-13,19,26,30H,3-4,6-9H2,1-2H3. The van der Waals surface area contributed by atoms with Gasteiger partial charge in [0.2, 0.25) is 0 Å². The molecule has 0 aromatic carbocycles. The van der Waals surface area contributed by atoms with Gasteiger partial charge in [-0.3, -0.25) is 9.12 Å². The Kier molecular flexibility index (Phi) is 5.32. The number of fused-ring (bicyclic) bond motifs is 1. The molecule has 174 valence electrons. The van der Waals surface area contributed by atoms with Crippen molar-refractivity contribution in [2.45, 2.75) is 74.8 Å². The van der Waals surface area contributed by atoms with Crippen LogP contribution < -0.4 is 10.0 Å². The summed E-state index contributed by atoms with van der Waals surface area (Å²) in [6, 6.07) is 2.67. The van der Waals surface area contributed by atoms with E-state index >= 15 is 0 Å². The van der Waals surface area contributed by atoms with Crippen LogP contribution in [0.5, 0.6) is 0 Å². The van der Waals surface area contributed by atoms with Crippen LogP contribution in [0, 0.1) is 0 Å². The number of aromatic nitrogens is 4. The molecule has 4 heterocycles. The minimum atomic E-state index is -2.63. The molecule has 2 N–H and O–H groups in total. The fourth-order valence-electron chi connectivity index (χ4n) is 4.29. The minimum absolute atomic E-state index is 0.185. The molecular weight excluding hydrogens is 462 g/mol. The van der Waals surface area contributed by atoms with Gasteiger partial charge in [-0.2, -0.15) is 0 Å². The van der Waals surface area contributed by atoms with Gasteiger partial charge in [-0.05, 0) is 69.5 Å². The number of nitrogens with one attached hydrogen (secondary N) is 2. The van der Waals surface area contributed by atoms with Gasteiger partial charge in [0.25, 0.3) is 6.43 Å². The summed E-state index contributed by atoms with van der Waals surface area (Å²) in [5.74, 6) is 1.02. The first-order valence-corrected chi connectivity index (χ1v) is 13.1. The molecule has 2 aliphatic carbocycles. The first-order valence-electron chi connectivity index (χ1n) is 11.4. The number of hydrogen-bond acceptors (Lipinski definition) is 7. The maximum absolute atomic E-state index is 13.2. The van der Waals surface area contributed by atoms with E-state index in [0.717, 1.165) is 53.3 Å². The van der Waals surface area contributed by atoms with E-state index in [2.05, 4.69) is 56.8 Å². The molecule has 0 amide bonds. The van der Waals surface area contributed by atoms with E-state index in [0.29, 0.717) is 22.8 Å². The molecule has 3 aromatic rings. The average molecular weight is 489 g/mol. The summed E-state index contributed by atoms with van der Waals surface area (Å²) in [7, 11) is 0. The number of rotatable bonds is 7. The van der Waals surface area contributed by atoms with Crippen molar-refractivity contribution >= 4 is 34.4 Å². The Bertz CT molecular complexity index is 1240. The quantitative estimate of drug-likeness (QED) is 0.423. The smallest absolute Gasteiger partial charge is 0.291 e. The highest BCUT2D eigenvalue weighted by Crippen LogP contribution is 2.46. The Hall–Kier alpha value is -1.88. The van der Waals surface area contributed by atoms with Crippen LogP contribution in [0.4, 0.5) is 8.78 Å². The first-order chi connectivity index (χ1) is 15.9. The molecule has 2 fully saturated rings. The summed E-state index contributed by atoms with van der Waals surface area (Å²) in [5, 5.41) is 11.5. The SMILES string of the molecule is CC1CC(c2cc(SNC3(C)CC3)cn3c(-c4nnc(C(F)F)s4)nc(C4CC4)c23)=CCN1. The Labute approximate surface area is 199 Å². The van der Waals surface area contributed by atoms with E-state index in [1.165, 1.54) is 24.0 Å². The molecule has 6 rings (SSSR count). The molecule has 6 nitrogen and oxygen atoms in total. The highest BCUT2D eigenvalue weighted by atomic mass is 32.2. The van der Waals surface area contributed by atoms with E-state index in [-0.39, 0.29) is 10.5 Å². The average Bonchev–Trinajstić information content (AvgIpc) is 3.68. The van der Waals surface area contributed by atoms with E-state index in [1.807, 2.05) is 0 Å². The van der Waals surface area contributed by atoms with E-state index < -0.39 is 6.43 Å². The Balaban J connectivity index is 1.53. The van der Waals surface area contributed by atoms with Crippen molar-refractivity contribution in [3.05, 3.63) is 34.6 Å². The van der Waals surface area contributed by atoms with Gasteiger partial charge in [0.1, 0.15) is 0 Å². The highest BCUT2D eigenvalue weighted by molar-refractivity contribution is 7.97. The highest BCUT2D eigenvalue weighted by Gasteiger charge is 2.37. The topological polar surface area (TPSA) is 67.1 Å². The van der Waals surface area contributed by atoms with Crippen LogP contribution in [0.2, 0.25) is 0 Å². The molecule has 0 saturated heterocycles. The third-order valence-corrected chi connectivity index (χ3v) is 8.60. The lowest BCUT2D eigenvalue weighted by Gasteiger charge is -2.22. The monoisotopic (exact) mass is 488 g/mol. The van der Waals surface area contributed by atoms with Gasteiger partial charge in [0, 0.05) is 40.7 Å². The molecule has 3 aliphatic rings. The second-order valence-electron chi connectivity index (χ2n) is 9.66. The van der Waals surface area contributed by atoms with Gasteiger partial charge in [-0.25, -0.2) is 13.8 Å². The molecular formula is C23H26F2N6S2. The number of imidazole rings is 1. The number of hydrogen-bond donors (Lipinski definition) is 2. The van der Waals surface area contributed by atoms with Gasteiger partial charge in [0.05, 0.1) is 11.2 Å². The third-order valence-electron chi connectivity index (χ3n) is 6.62. The predicted molar refractivity (Wildman–Crippen MR) is 128 cm³/mol. The zero-order valence-electron chi connectivity index (χ0n) is 18.6. The minimum Gasteiger partial charge on any atom is -0.310 e. The number of alkyl halides is 2. The molecule has 3 aromatic heterocycles. The van der Waals surface area contributed by atoms with Crippen molar-refractivity contribution < 1.29 is 8.78 Å². The van der Waals surface area contributed by atoms with Gasteiger partial charge in [0.15, 0.2) is 15.8 Å². The van der Waals surface area contributed by atoms with Crippen molar-refractivity contribution in [1.29, 1.82) is 0 Å². The van der Waals surface area contributed by atoms with Crippen molar-refractivity contribution in [1.82, 2.24) is 29.6 Å². The van der Waals surface area contributed by atoms with Crippen molar-refractivity contribution in [3.8, 4) is 10.8 Å². The molecule has 2 saturated carbocycles. The van der Waals surface area contributed by atoms with E-state index in [9.17, 15) is 8.78 Å². The maximum atomic E-state index is 13.2. The summed E-state index contributed by atoms with van der Waals surface area (Å²) in [6.07, 6.45) is 7.22. The lowest BCUT2D eigenvalue weighted by atomic mass is 9.95. The lowest BCUT2D eigenvalue weighted by Crippen LogP contribution is -2.30. The second kappa shape index (κ2) is 8.11. The summed E-state index contributed by atoms with van der Waals surface area (Å²) in [6.45, 7) is 5.27. The van der Waals surface area contributed by atoms with Gasteiger partial charge < -0.3 is 5.32 Å². The van der Waals surface area contributed by atoms with Crippen LogP contribution >= 0.6 is 23.3 Å². The fourth-order valence-corrected chi connectivity index (χ4v) is 5.87. The molecule has 0 radical (unpaired) electrons. The van der Waals surface area contributed by atoms with E-state index in [1.54, 1.807) is 11.9 Å². The van der Waals surface area contributed by atoms with Crippen molar-refractivity contribution in [2.75, 3.05) is 6.54 Å². The second-order valence-corrected chi connectivity index (χ2v) is 11.5. The van der Waals surface area contributed by atoms with Crippen LogP contribution in [0.3, 0.4) is 0 Å². The Morgan fingerprint density at radius 2 is 2.12 bits per heavy atom. The Morgan fingerprint density at radius 1 is 1.30 bits per heavy atom. The van der Waals surface area contributed by atoms with Gasteiger partial charge in [-0.15, -0.1) is 10.2 Å². The molecule has 1 unspecified atom stereocenters. The van der Waals surface area contributed by atoms with Gasteiger partial charge >= 0.3 is 0 Å². The molecule has 0 spiro atoms. The predicted octanol–water partition coefficient (Wildman–Crippen LogP) is 5.58. The van der Waals surface area contributed by atoms with Crippen LogP contribution in [-0.2, 0) is 0 Å². The summed E-state index contributed by atoms with van der Waals surface area (Å²) in [5.41, 5.74) is 4.83. The Morgan fingerprint density at radius 3 is 2.79 bits per heavy atom. The number of pyridine rings is 1. The number of halogens is 2. The third kappa shape index (κ3) is 4.22. The summed E-state index contributed by atoms with van der Waals surface area (Å²) >= 11 is 2.56. The molecule has 0 bridgehead atoms. The zero-order valence-corrected chi connectivity index (χ0v) is 20.2. The first kappa shape index (κ1) is 21.6. The largest absolute Gasteiger partial charge is 0.310 e. The molecule has 10 heteroatoms. The molecule has 33 heavy (non-hydrogen) atoms. The van der Waals surface area contributed by atoms with Crippen molar-refractivity contribution in [2.24, 2.45) is 0 Å². The van der Waals surface area contributed by atoms with Crippen molar-refractivity contribution in [3.63, 3.8) is 0 Å². The summed E-state index contributed by atoms with van der Waals surface area (Å²) in [4.78, 5) is 6.07. The maximum Gasteiger partial charge on any atom is 0.291 e. The van der Waals surface area contributed by atoms with Crippen LogP contribution in [0.1, 0.15) is 74.6 Å². The van der Waals surface area contributed by atoms with Crippen LogP contribution in [-0.4, -0.2) is 37.7 Å². The number of nitrogens with zero attached hydrogens (tertiary/aromatic N) is 4. The zero-order chi connectivity index (χ0) is 22.7. The molecule has 1 atom stereocenters. The molecule has 1 aliphatic heterocycles. The lowest BCUT2D eigenvalue weighted by molar-refractivity contribution is 0.150. The fraction of sp³-hybridized carbons (Fsp3) is 0.522.